The van der Waals surface area contributed by atoms with Crippen LogP contribution in [-0.4, -0.2) is 25.1 Å². The highest BCUT2D eigenvalue weighted by Gasteiger charge is 2.20. The minimum atomic E-state index is -1.00. The van der Waals surface area contributed by atoms with Crippen molar-refractivity contribution < 1.29 is 19.1 Å². The molecule has 0 aromatic heterocycles. The highest BCUT2D eigenvalue weighted by atomic mass is 35.5. The summed E-state index contributed by atoms with van der Waals surface area (Å²) in [5, 5.41) is 3.06. The molecule has 0 saturated carbocycles. The summed E-state index contributed by atoms with van der Waals surface area (Å²) >= 11 is 5.91. The Hall–Kier alpha value is -2.73. The second kappa shape index (κ2) is 7.70. The normalized spacial score (nSPS) is 11.5. The largest absolute Gasteiger partial charge is 0.495 e. The van der Waals surface area contributed by atoms with Gasteiger partial charge >= 0.3 is 5.97 Å². The molecule has 6 nitrogen and oxygen atoms in total. The standard InChI is InChI=1S/C17H17ClN2O4/c1-10(24-17(22)11-3-6-13(19)7-4-11)16(21)20-14-9-12(18)5-8-15(14)23-2/h3-10H,19H2,1-2H3,(H,20,21). The topological polar surface area (TPSA) is 90.6 Å². The minimum Gasteiger partial charge on any atom is -0.495 e. The number of anilines is 2. The smallest absolute Gasteiger partial charge is 0.338 e. The summed E-state index contributed by atoms with van der Waals surface area (Å²) < 4.78 is 10.3. The van der Waals surface area contributed by atoms with Crippen molar-refractivity contribution in [3.05, 3.63) is 53.1 Å². The maximum atomic E-state index is 12.2. The zero-order valence-electron chi connectivity index (χ0n) is 13.2. The van der Waals surface area contributed by atoms with Gasteiger partial charge in [-0.15, -0.1) is 0 Å². The lowest BCUT2D eigenvalue weighted by Gasteiger charge is -2.15. The SMILES string of the molecule is COc1ccc(Cl)cc1NC(=O)C(C)OC(=O)c1ccc(N)cc1. The molecule has 0 bridgehead atoms. The van der Waals surface area contributed by atoms with Gasteiger partial charge in [-0.2, -0.15) is 0 Å². The fraction of sp³-hybridized carbons (Fsp3) is 0.176. The van der Waals surface area contributed by atoms with E-state index in [-0.39, 0.29) is 0 Å². The Kier molecular flexibility index (Phi) is 5.65. The number of carbonyl (C=O) groups excluding carboxylic acids is 2. The fourth-order valence-corrected chi connectivity index (χ4v) is 2.09. The molecule has 2 aromatic carbocycles. The van der Waals surface area contributed by atoms with Crippen LogP contribution in [0.4, 0.5) is 11.4 Å². The molecule has 0 saturated heterocycles. The summed E-state index contributed by atoms with van der Waals surface area (Å²) in [4.78, 5) is 24.2. The van der Waals surface area contributed by atoms with E-state index in [1.54, 1.807) is 30.3 Å². The van der Waals surface area contributed by atoms with Crippen molar-refractivity contribution >= 4 is 34.9 Å². The Bertz CT molecular complexity index is 747. The van der Waals surface area contributed by atoms with Crippen LogP contribution in [0.5, 0.6) is 5.75 Å². The summed E-state index contributed by atoms with van der Waals surface area (Å²) in [5.41, 5.74) is 6.80. The number of nitrogen functional groups attached to an aromatic ring is 1. The van der Waals surface area contributed by atoms with Gasteiger partial charge in [0.15, 0.2) is 6.10 Å². The second-order valence-electron chi connectivity index (χ2n) is 5.00. The van der Waals surface area contributed by atoms with Gasteiger partial charge in [-0.3, -0.25) is 4.79 Å². The lowest BCUT2D eigenvalue weighted by molar-refractivity contribution is -0.123. The molecule has 0 heterocycles. The van der Waals surface area contributed by atoms with E-state index in [9.17, 15) is 9.59 Å². The average molecular weight is 349 g/mol. The molecule has 0 spiro atoms. The first-order chi connectivity index (χ1) is 11.4. The van der Waals surface area contributed by atoms with Gasteiger partial charge in [-0.1, -0.05) is 11.6 Å². The Morgan fingerprint density at radius 1 is 1.17 bits per heavy atom. The number of nitrogens with two attached hydrogens (primary N) is 1. The molecule has 7 heteroatoms. The van der Waals surface area contributed by atoms with E-state index in [4.69, 9.17) is 26.8 Å². The van der Waals surface area contributed by atoms with E-state index >= 15 is 0 Å². The van der Waals surface area contributed by atoms with Crippen molar-refractivity contribution in [1.82, 2.24) is 0 Å². The lowest BCUT2D eigenvalue weighted by atomic mass is 10.2. The molecule has 0 fully saturated rings. The maximum Gasteiger partial charge on any atom is 0.338 e. The summed E-state index contributed by atoms with van der Waals surface area (Å²) in [7, 11) is 1.48. The van der Waals surface area contributed by atoms with E-state index < -0.39 is 18.0 Å². The quantitative estimate of drug-likeness (QED) is 0.640. The number of rotatable bonds is 5. The van der Waals surface area contributed by atoms with E-state index in [1.165, 1.54) is 26.2 Å². The second-order valence-corrected chi connectivity index (χ2v) is 5.44. The molecule has 2 aromatic rings. The number of methoxy groups -OCH3 is 1. The molecule has 1 amide bonds. The third kappa shape index (κ3) is 4.39. The first-order valence-electron chi connectivity index (χ1n) is 7.11. The molecule has 0 radical (unpaired) electrons. The number of hydrogen-bond acceptors (Lipinski definition) is 5. The zero-order chi connectivity index (χ0) is 17.7. The number of halogens is 1. The van der Waals surface area contributed by atoms with Gasteiger partial charge in [-0.05, 0) is 49.4 Å². The van der Waals surface area contributed by atoms with Gasteiger partial charge in [0.1, 0.15) is 5.75 Å². The minimum absolute atomic E-state index is 0.309. The van der Waals surface area contributed by atoms with Gasteiger partial charge in [0, 0.05) is 10.7 Å². The maximum absolute atomic E-state index is 12.2. The highest BCUT2D eigenvalue weighted by Crippen LogP contribution is 2.27. The van der Waals surface area contributed by atoms with Crippen LogP contribution in [0.2, 0.25) is 5.02 Å². The van der Waals surface area contributed by atoms with E-state index in [0.717, 1.165) is 0 Å². The van der Waals surface area contributed by atoms with Crippen LogP contribution >= 0.6 is 11.6 Å². The van der Waals surface area contributed by atoms with Gasteiger partial charge < -0.3 is 20.5 Å². The number of hydrogen-bond donors (Lipinski definition) is 2. The van der Waals surface area contributed by atoms with Crippen molar-refractivity contribution in [2.75, 3.05) is 18.2 Å². The van der Waals surface area contributed by atoms with Crippen LogP contribution < -0.4 is 15.8 Å². The summed E-state index contributed by atoms with van der Waals surface area (Å²) in [6.45, 7) is 1.47. The number of ether oxygens (including phenoxy) is 2. The van der Waals surface area contributed by atoms with Crippen molar-refractivity contribution in [3.8, 4) is 5.75 Å². The summed E-state index contributed by atoms with van der Waals surface area (Å²) in [6.07, 6.45) is -1.00. The zero-order valence-corrected chi connectivity index (χ0v) is 14.0. The van der Waals surface area contributed by atoms with E-state index in [1.807, 2.05) is 0 Å². The van der Waals surface area contributed by atoms with Crippen LogP contribution in [0.1, 0.15) is 17.3 Å². The summed E-state index contributed by atoms with van der Waals surface area (Å²) in [5.74, 6) is -0.667. The molecule has 3 N–H and O–H groups in total. The van der Waals surface area contributed by atoms with Crippen LogP contribution in [0, 0.1) is 0 Å². The van der Waals surface area contributed by atoms with Crippen LogP contribution in [0.15, 0.2) is 42.5 Å². The molecule has 2 rings (SSSR count). The van der Waals surface area contributed by atoms with Gasteiger partial charge in [-0.25, -0.2) is 4.79 Å². The molecule has 126 valence electrons. The van der Waals surface area contributed by atoms with Crippen molar-refractivity contribution in [3.63, 3.8) is 0 Å². The Morgan fingerprint density at radius 2 is 1.83 bits per heavy atom. The van der Waals surface area contributed by atoms with Crippen LogP contribution in [-0.2, 0) is 9.53 Å². The van der Waals surface area contributed by atoms with Crippen molar-refractivity contribution in [2.24, 2.45) is 0 Å². The molecule has 1 unspecified atom stereocenters. The highest BCUT2D eigenvalue weighted by molar-refractivity contribution is 6.31. The molecule has 0 aliphatic heterocycles. The molecule has 24 heavy (non-hydrogen) atoms. The van der Waals surface area contributed by atoms with Gasteiger partial charge in [0.2, 0.25) is 0 Å². The number of esters is 1. The third-order valence-electron chi connectivity index (χ3n) is 3.22. The monoisotopic (exact) mass is 348 g/mol. The van der Waals surface area contributed by atoms with Crippen LogP contribution in [0.3, 0.4) is 0 Å². The number of amides is 1. The third-order valence-corrected chi connectivity index (χ3v) is 3.45. The number of benzene rings is 2. The van der Waals surface area contributed by atoms with Crippen molar-refractivity contribution in [2.45, 2.75) is 13.0 Å². The Morgan fingerprint density at radius 3 is 2.46 bits per heavy atom. The Labute approximate surface area is 144 Å². The predicted octanol–water partition coefficient (Wildman–Crippen LogP) is 3.11. The Balaban J connectivity index is 2.03. The average Bonchev–Trinajstić information content (AvgIpc) is 2.55. The van der Waals surface area contributed by atoms with Gasteiger partial charge in [0.05, 0.1) is 18.4 Å². The first-order valence-corrected chi connectivity index (χ1v) is 7.49. The number of carbonyl (C=O) groups is 2. The molecule has 1 atom stereocenters. The predicted molar refractivity (Wildman–Crippen MR) is 92.4 cm³/mol. The van der Waals surface area contributed by atoms with Crippen molar-refractivity contribution in [1.29, 1.82) is 0 Å². The van der Waals surface area contributed by atoms with E-state index in [2.05, 4.69) is 5.32 Å². The molecule has 0 aliphatic rings. The number of nitrogens with one attached hydrogen (secondary N) is 1. The molecule has 0 aliphatic carbocycles. The van der Waals surface area contributed by atoms with Crippen LogP contribution in [0.25, 0.3) is 0 Å². The fourth-order valence-electron chi connectivity index (χ4n) is 1.91. The molecular formula is C17H17ClN2O4. The molecular weight excluding hydrogens is 332 g/mol. The summed E-state index contributed by atoms with van der Waals surface area (Å²) in [6, 6.07) is 11.0. The van der Waals surface area contributed by atoms with E-state index in [0.29, 0.717) is 27.7 Å². The first kappa shape index (κ1) is 17.6. The van der Waals surface area contributed by atoms with Gasteiger partial charge in [0.25, 0.3) is 5.91 Å². The lowest BCUT2D eigenvalue weighted by Crippen LogP contribution is -2.30.